The van der Waals surface area contributed by atoms with E-state index in [1.54, 1.807) is 42.7 Å². The highest BCUT2D eigenvalue weighted by Crippen LogP contribution is 2.36. The Bertz CT molecular complexity index is 763. The molecule has 0 fully saturated rings. The minimum absolute atomic E-state index is 0.287. The smallest absolute Gasteiger partial charge is 0.276 e. The van der Waals surface area contributed by atoms with E-state index in [4.69, 9.17) is 0 Å². The van der Waals surface area contributed by atoms with Crippen LogP contribution in [0.5, 0.6) is 0 Å². The maximum atomic E-state index is 12.9. The average Bonchev–Trinajstić information content (AvgIpc) is 2.93. The second kappa shape index (κ2) is 6.22. The standard InChI is InChI=1S/C17H16BrN3O2/c1-2-15-10-17(23,13-6-4-8-19-11-13)21(20-15)16(22)12-5-3-7-14(18)9-12/h3-9,11,23H,2,10H2,1H3/t17-/m1/s1. The van der Waals surface area contributed by atoms with Gasteiger partial charge in [-0.25, -0.2) is 0 Å². The van der Waals surface area contributed by atoms with Crippen molar-refractivity contribution in [2.45, 2.75) is 25.5 Å². The largest absolute Gasteiger partial charge is 0.365 e. The third-order valence-electron chi connectivity index (χ3n) is 3.84. The van der Waals surface area contributed by atoms with Gasteiger partial charge in [-0.1, -0.05) is 35.0 Å². The van der Waals surface area contributed by atoms with Crippen molar-refractivity contribution < 1.29 is 9.90 Å². The van der Waals surface area contributed by atoms with Gasteiger partial charge in [0.1, 0.15) is 0 Å². The van der Waals surface area contributed by atoms with Crippen molar-refractivity contribution in [3.63, 3.8) is 0 Å². The van der Waals surface area contributed by atoms with Crippen molar-refractivity contribution >= 4 is 27.5 Å². The predicted molar refractivity (Wildman–Crippen MR) is 90.8 cm³/mol. The lowest BCUT2D eigenvalue weighted by Crippen LogP contribution is -2.43. The molecule has 0 spiro atoms. The Morgan fingerprint density at radius 2 is 2.22 bits per heavy atom. The maximum Gasteiger partial charge on any atom is 0.276 e. The molecular formula is C17H16BrN3O2. The molecule has 2 heterocycles. The fourth-order valence-electron chi connectivity index (χ4n) is 2.60. The first kappa shape index (κ1) is 15.8. The normalized spacial score (nSPS) is 20.5. The first-order valence-corrected chi connectivity index (χ1v) is 8.13. The van der Waals surface area contributed by atoms with Crippen LogP contribution in [0.2, 0.25) is 0 Å². The summed E-state index contributed by atoms with van der Waals surface area (Å²) in [4.78, 5) is 16.9. The molecule has 6 heteroatoms. The van der Waals surface area contributed by atoms with Crippen LogP contribution in [0, 0.1) is 0 Å². The summed E-state index contributed by atoms with van der Waals surface area (Å²) < 4.78 is 0.798. The molecule has 1 N–H and O–H groups in total. The fraction of sp³-hybridized carbons (Fsp3) is 0.235. The van der Waals surface area contributed by atoms with Gasteiger partial charge in [-0.15, -0.1) is 0 Å². The highest BCUT2D eigenvalue weighted by molar-refractivity contribution is 9.10. The summed E-state index contributed by atoms with van der Waals surface area (Å²) in [5.74, 6) is -0.346. The van der Waals surface area contributed by atoms with E-state index in [9.17, 15) is 9.90 Å². The molecule has 0 saturated heterocycles. The van der Waals surface area contributed by atoms with Gasteiger partial charge in [-0.3, -0.25) is 9.78 Å². The summed E-state index contributed by atoms with van der Waals surface area (Å²) in [5, 5.41) is 16.7. The lowest BCUT2D eigenvalue weighted by Gasteiger charge is -2.31. The van der Waals surface area contributed by atoms with Gasteiger partial charge in [0.15, 0.2) is 5.72 Å². The van der Waals surface area contributed by atoms with Crippen LogP contribution in [-0.2, 0) is 5.72 Å². The molecule has 0 unspecified atom stereocenters. The van der Waals surface area contributed by atoms with Crippen LogP contribution in [0.25, 0.3) is 0 Å². The Labute approximate surface area is 142 Å². The number of carbonyl (C=O) groups is 1. The van der Waals surface area contributed by atoms with E-state index in [2.05, 4.69) is 26.0 Å². The molecule has 1 aliphatic heterocycles. The molecule has 1 atom stereocenters. The third kappa shape index (κ3) is 2.92. The zero-order valence-electron chi connectivity index (χ0n) is 12.6. The minimum atomic E-state index is -1.50. The predicted octanol–water partition coefficient (Wildman–Crippen LogP) is 3.30. The summed E-state index contributed by atoms with van der Waals surface area (Å²) >= 11 is 3.36. The summed E-state index contributed by atoms with van der Waals surface area (Å²) in [6.07, 6.45) is 4.15. The Kier molecular flexibility index (Phi) is 4.28. The minimum Gasteiger partial charge on any atom is -0.365 e. The van der Waals surface area contributed by atoms with E-state index >= 15 is 0 Å². The van der Waals surface area contributed by atoms with E-state index in [0.717, 1.165) is 10.2 Å². The monoisotopic (exact) mass is 373 g/mol. The number of rotatable bonds is 3. The molecule has 1 aromatic heterocycles. The van der Waals surface area contributed by atoms with Gasteiger partial charge in [-0.2, -0.15) is 10.1 Å². The molecule has 0 radical (unpaired) electrons. The Morgan fingerprint density at radius 1 is 1.39 bits per heavy atom. The van der Waals surface area contributed by atoms with Crippen molar-refractivity contribution in [1.82, 2.24) is 9.99 Å². The number of aliphatic hydroxyl groups is 1. The molecule has 1 amide bonds. The first-order chi connectivity index (χ1) is 11.0. The van der Waals surface area contributed by atoms with Crippen molar-refractivity contribution in [2.24, 2.45) is 5.10 Å². The topological polar surface area (TPSA) is 65.8 Å². The van der Waals surface area contributed by atoms with Crippen LogP contribution in [0.1, 0.15) is 35.7 Å². The number of hydrogen-bond acceptors (Lipinski definition) is 4. The van der Waals surface area contributed by atoms with Crippen molar-refractivity contribution in [1.29, 1.82) is 0 Å². The van der Waals surface area contributed by atoms with Crippen LogP contribution < -0.4 is 0 Å². The second-order valence-corrected chi connectivity index (χ2v) is 6.30. The average molecular weight is 374 g/mol. The highest BCUT2D eigenvalue weighted by Gasteiger charge is 2.45. The molecule has 0 aliphatic carbocycles. The van der Waals surface area contributed by atoms with Crippen molar-refractivity contribution in [2.75, 3.05) is 0 Å². The van der Waals surface area contributed by atoms with Gasteiger partial charge < -0.3 is 5.11 Å². The molecule has 118 valence electrons. The number of amides is 1. The zero-order chi connectivity index (χ0) is 16.4. The van der Waals surface area contributed by atoms with Crippen molar-refractivity contribution in [3.8, 4) is 0 Å². The molecule has 2 aromatic rings. The Balaban J connectivity index is 2.03. The quantitative estimate of drug-likeness (QED) is 0.897. The van der Waals surface area contributed by atoms with Crippen LogP contribution in [0.4, 0.5) is 0 Å². The van der Waals surface area contributed by atoms with Crippen LogP contribution >= 0.6 is 15.9 Å². The Hall–Kier alpha value is -2.05. The number of carbonyl (C=O) groups excluding carboxylic acids is 1. The van der Waals surface area contributed by atoms with E-state index in [1.165, 1.54) is 5.01 Å². The summed E-state index contributed by atoms with van der Waals surface area (Å²) in [6.45, 7) is 1.95. The second-order valence-electron chi connectivity index (χ2n) is 5.38. The number of pyridine rings is 1. The third-order valence-corrected chi connectivity index (χ3v) is 4.33. The van der Waals surface area contributed by atoms with Crippen LogP contribution in [0.3, 0.4) is 0 Å². The Morgan fingerprint density at radius 3 is 2.87 bits per heavy atom. The number of halogens is 1. The molecule has 1 aliphatic rings. The SMILES string of the molecule is CCC1=NN(C(=O)c2cccc(Br)c2)[C@](O)(c2cccnc2)C1. The summed E-state index contributed by atoms with van der Waals surface area (Å²) in [5.41, 5.74) is 0.289. The molecule has 0 bridgehead atoms. The van der Waals surface area contributed by atoms with E-state index in [-0.39, 0.29) is 12.3 Å². The van der Waals surface area contributed by atoms with Gasteiger partial charge >= 0.3 is 0 Å². The van der Waals surface area contributed by atoms with Gasteiger partial charge in [0.05, 0.1) is 0 Å². The molecule has 5 nitrogen and oxygen atoms in total. The van der Waals surface area contributed by atoms with Gasteiger partial charge in [-0.05, 0) is 30.7 Å². The highest BCUT2D eigenvalue weighted by atomic mass is 79.9. The van der Waals surface area contributed by atoms with Crippen molar-refractivity contribution in [3.05, 3.63) is 64.4 Å². The fourth-order valence-corrected chi connectivity index (χ4v) is 3.00. The van der Waals surface area contributed by atoms with Crippen LogP contribution in [0.15, 0.2) is 58.4 Å². The number of aromatic nitrogens is 1. The van der Waals surface area contributed by atoms with Gasteiger partial charge in [0.2, 0.25) is 0 Å². The lowest BCUT2D eigenvalue weighted by molar-refractivity contribution is -0.0767. The molecule has 1 aromatic carbocycles. The van der Waals surface area contributed by atoms with Gasteiger partial charge in [0.25, 0.3) is 5.91 Å². The maximum absolute atomic E-state index is 12.9. The van der Waals surface area contributed by atoms with E-state index in [1.807, 2.05) is 13.0 Å². The summed E-state index contributed by atoms with van der Waals surface area (Å²) in [6, 6.07) is 10.5. The molecule has 3 rings (SSSR count). The zero-order valence-corrected chi connectivity index (χ0v) is 14.2. The number of benzene rings is 1. The molecule has 23 heavy (non-hydrogen) atoms. The van der Waals surface area contributed by atoms with E-state index < -0.39 is 5.72 Å². The first-order valence-electron chi connectivity index (χ1n) is 7.34. The lowest BCUT2D eigenvalue weighted by atomic mass is 9.97. The number of hydrazone groups is 1. The van der Waals surface area contributed by atoms with Gasteiger partial charge in [0, 0.05) is 40.1 Å². The number of hydrogen-bond donors (Lipinski definition) is 1. The molecule has 0 saturated carbocycles. The summed E-state index contributed by atoms with van der Waals surface area (Å²) in [7, 11) is 0. The number of nitrogens with zero attached hydrogens (tertiary/aromatic N) is 3. The van der Waals surface area contributed by atoms with E-state index in [0.29, 0.717) is 17.5 Å². The van der Waals surface area contributed by atoms with Crippen LogP contribution in [-0.4, -0.2) is 26.7 Å². The molecular weight excluding hydrogens is 358 g/mol.